The molecule has 1 aromatic rings. The van der Waals surface area contributed by atoms with Crippen LogP contribution in [0.2, 0.25) is 0 Å². The number of hydrogen-bond donors (Lipinski definition) is 0. The minimum absolute atomic E-state index is 0.0558. The SMILES string of the molecule is C=C(C(=O)OCC)C(CC)c1ccccc1. The first kappa shape index (κ1) is 12.5. The van der Waals surface area contributed by atoms with Gasteiger partial charge in [0.05, 0.1) is 6.61 Å². The fourth-order valence-corrected chi connectivity index (χ4v) is 1.73. The summed E-state index contributed by atoms with van der Waals surface area (Å²) in [5, 5.41) is 0. The third-order valence-electron chi connectivity index (χ3n) is 2.57. The zero-order chi connectivity index (χ0) is 12.0. The second-order valence-electron chi connectivity index (χ2n) is 3.62. The van der Waals surface area contributed by atoms with Crippen LogP contribution >= 0.6 is 0 Å². The number of ether oxygens (including phenoxy) is 1. The van der Waals surface area contributed by atoms with Crippen molar-refractivity contribution in [1.29, 1.82) is 0 Å². The maximum Gasteiger partial charge on any atom is 0.334 e. The van der Waals surface area contributed by atoms with Gasteiger partial charge in [-0.05, 0) is 18.9 Å². The van der Waals surface area contributed by atoms with Gasteiger partial charge in [-0.3, -0.25) is 0 Å². The Labute approximate surface area is 96.9 Å². The van der Waals surface area contributed by atoms with Gasteiger partial charge in [0.2, 0.25) is 0 Å². The second kappa shape index (κ2) is 6.11. The van der Waals surface area contributed by atoms with Crippen LogP contribution in [0.25, 0.3) is 0 Å². The fraction of sp³-hybridized carbons (Fsp3) is 0.357. The lowest BCUT2D eigenvalue weighted by Gasteiger charge is -2.16. The van der Waals surface area contributed by atoms with E-state index in [1.165, 1.54) is 0 Å². The van der Waals surface area contributed by atoms with Crippen molar-refractivity contribution in [3.8, 4) is 0 Å². The molecule has 1 atom stereocenters. The van der Waals surface area contributed by atoms with Crippen LogP contribution in [-0.4, -0.2) is 12.6 Å². The zero-order valence-electron chi connectivity index (χ0n) is 9.90. The predicted molar refractivity (Wildman–Crippen MR) is 65.2 cm³/mol. The van der Waals surface area contributed by atoms with Crippen LogP contribution in [0.1, 0.15) is 31.7 Å². The highest BCUT2D eigenvalue weighted by Crippen LogP contribution is 2.27. The van der Waals surface area contributed by atoms with Crippen molar-refractivity contribution < 1.29 is 9.53 Å². The largest absolute Gasteiger partial charge is 0.463 e. The molecule has 0 aliphatic heterocycles. The molecule has 0 saturated carbocycles. The van der Waals surface area contributed by atoms with E-state index in [-0.39, 0.29) is 11.9 Å². The third-order valence-corrected chi connectivity index (χ3v) is 2.57. The smallest absolute Gasteiger partial charge is 0.334 e. The second-order valence-corrected chi connectivity index (χ2v) is 3.62. The summed E-state index contributed by atoms with van der Waals surface area (Å²) >= 11 is 0. The molecule has 1 unspecified atom stereocenters. The topological polar surface area (TPSA) is 26.3 Å². The molecule has 86 valence electrons. The molecule has 16 heavy (non-hydrogen) atoms. The van der Waals surface area contributed by atoms with Crippen LogP contribution in [0.3, 0.4) is 0 Å². The maximum atomic E-state index is 11.6. The van der Waals surface area contributed by atoms with Gasteiger partial charge in [0.25, 0.3) is 0 Å². The quantitative estimate of drug-likeness (QED) is 0.560. The van der Waals surface area contributed by atoms with Crippen molar-refractivity contribution in [2.75, 3.05) is 6.61 Å². The molecule has 0 spiro atoms. The summed E-state index contributed by atoms with van der Waals surface area (Å²) in [6.07, 6.45) is 0.849. The van der Waals surface area contributed by atoms with E-state index in [1.807, 2.05) is 37.3 Å². The summed E-state index contributed by atoms with van der Waals surface area (Å²) in [6, 6.07) is 9.92. The summed E-state index contributed by atoms with van der Waals surface area (Å²) in [4.78, 5) is 11.6. The molecule has 0 aliphatic rings. The van der Waals surface area contributed by atoms with E-state index in [4.69, 9.17) is 4.74 Å². The minimum Gasteiger partial charge on any atom is -0.463 e. The zero-order valence-corrected chi connectivity index (χ0v) is 9.90. The van der Waals surface area contributed by atoms with Gasteiger partial charge >= 0.3 is 5.97 Å². The number of rotatable bonds is 5. The minimum atomic E-state index is -0.293. The van der Waals surface area contributed by atoms with Crippen LogP contribution < -0.4 is 0 Å². The third kappa shape index (κ3) is 2.96. The van der Waals surface area contributed by atoms with Crippen LogP contribution in [0.4, 0.5) is 0 Å². The Morgan fingerprint density at radius 1 is 1.31 bits per heavy atom. The standard InChI is InChI=1S/C14H18O2/c1-4-13(11(3)14(15)16-5-2)12-9-7-6-8-10-12/h6-10,13H,3-5H2,1-2H3. The molecule has 0 heterocycles. The van der Waals surface area contributed by atoms with Gasteiger partial charge in [0.1, 0.15) is 0 Å². The van der Waals surface area contributed by atoms with Crippen molar-refractivity contribution in [3.05, 3.63) is 48.0 Å². The number of benzene rings is 1. The molecule has 0 aromatic heterocycles. The lowest BCUT2D eigenvalue weighted by atomic mass is 9.90. The molecule has 1 aromatic carbocycles. The van der Waals surface area contributed by atoms with Gasteiger partial charge in [-0.2, -0.15) is 0 Å². The van der Waals surface area contributed by atoms with E-state index >= 15 is 0 Å². The highest BCUT2D eigenvalue weighted by Gasteiger charge is 2.19. The van der Waals surface area contributed by atoms with Crippen molar-refractivity contribution in [2.24, 2.45) is 0 Å². The molecule has 1 rings (SSSR count). The Bertz CT molecular complexity index is 354. The molecule has 0 N–H and O–H groups in total. The van der Waals surface area contributed by atoms with Crippen LogP contribution in [-0.2, 0) is 9.53 Å². The number of carbonyl (C=O) groups is 1. The summed E-state index contributed by atoms with van der Waals surface area (Å²) in [6.45, 7) is 8.08. The molecule has 2 nitrogen and oxygen atoms in total. The molecule has 2 heteroatoms. The predicted octanol–water partition coefficient (Wildman–Crippen LogP) is 3.30. The first-order valence-corrected chi connectivity index (χ1v) is 5.61. The molecule has 0 radical (unpaired) electrons. The average Bonchev–Trinajstić information content (AvgIpc) is 2.31. The Morgan fingerprint density at radius 3 is 2.44 bits per heavy atom. The summed E-state index contributed by atoms with van der Waals surface area (Å²) in [7, 11) is 0. The van der Waals surface area contributed by atoms with E-state index in [2.05, 4.69) is 6.58 Å². The number of esters is 1. The maximum absolute atomic E-state index is 11.6. The van der Waals surface area contributed by atoms with E-state index in [1.54, 1.807) is 6.92 Å². The first-order valence-electron chi connectivity index (χ1n) is 5.61. The molecule has 0 amide bonds. The summed E-state index contributed by atoms with van der Waals surface area (Å²) in [5.74, 6) is -0.238. The molecule has 0 bridgehead atoms. The molecule has 0 aliphatic carbocycles. The fourth-order valence-electron chi connectivity index (χ4n) is 1.73. The van der Waals surface area contributed by atoms with Crippen LogP contribution in [0.15, 0.2) is 42.5 Å². The van der Waals surface area contributed by atoms with Gasteiger partial charge in [-0.1, -0.05) is 43.8 Å². The van der Waals surface area contributed by atoms with Gasteiger partial charge < -0.3 is 4.74 Å². The lowest BCUT2D eigenvalue weighted by Crippen LogP contribution is -2.13. The van der Waals surface area contributed by atoms with Crippen LogP contribution in [0.5, 0.6) is 0 Å². The first-order chi connectivity index (χ1) is 7.70. The average molecular weight is 218 g/mol. The summed E-state index contributed by atoms with van der Waals surface area (Å²) < 4.78 is 4.97. The van der Waals surface area contributed by atoms with Crippen molar-refractivity contribution in [2.45, 2.75) is 26.2 Å². The lowest BCUT2D eigenvalue weighted by molar-refractivity contribution is -0.138. The van der Waals surface area contributed by atoms with Gasteiger partial charge in [-0.15, -0.1) is 0 Å². The number of carbonyl (C=O) groups excluding carboxylic acids is 1. The highest BCUT2D eigenvalue weighted by molar-refractivity contribution is 5.89. The molecule has 0 fully saturated rings. The van der Waals surface area contributed by atoms with Crippen molar-refractivity contribution in [1.82, 2.24) is 0 Å². The van der Waals surface area contributed by atoms with Gasteiger partial charge in [-0.25, -0.2) is 4.79 Å². The highest BCUT2D eigenvalue weighted by atomic mass is 16.5. The summed E-state index contributed by atoms with van der Waals surface area (Å²) in [5.41, 5.74) is 1.65. The van der Waals surface area contributed by atoms with Crippen molar-refractivity contribution in [3.63, 3.8) is 0 Å². The van der Waals surface area contributed by atoms with E-state index in [0.717, 1.165) is 12.0 Å². The monoisotopic (exact) mass is 218 g/mol. The Morgan fingerprint density at radius 2 is 1.94 bits per heavy atom. The Balaban J connectivity index is 2.83. The van der Waals surface area contributed by atoms with E-state index in [9.17, 15) is 4.79 Å². The van der Waals surface area contributed by atoms with E-state index in [0.29, 0.717) is 12.2 Å². The molecular formula is C14H18O2. The van der Waals surface area contributed by atoms with Gasteiger partial charge in [0, 0.05) is 11.5 Å². The van der Waals surface area contributed by atoms with Crippen molar-refractivity contribution >= 4 is 5.97 Å². The van der Waals surface area contributed by atoms with Gasteiger partial charge in [0.15, 0.2) is 0 Å². The van der Waals surface area contributed by atoms with Crippen LogP contribution in [0, 0.1) is 0 Å². The normalized spacial score (nSPS) is 11.9. The van der Waals surface area contributed by atoms with E-state index < -0.39 is 0 Å². The Kier molecular flexibility index (Phi) is 4.77. The molecular weight excluding hydrogens is 200 g/mol. The molecule has 0 saturated heterocycles. The number of hydrogen-bond acceptors (Lipinski definition) is 2. The Hall–Kier alpha value is -1.57.